The fourth-order valence-corrected chi connectivity index (χ4v) is 2.58. The van der Waals surface area contributed by atoms with E-state index in [0.717, 1.165) is 31.2 Å². The van der Waals surface area contributed by atoms with Gasteiger partial charge >= 0.3 is 0 Å². The van der Waals surface area contributed by atoms with Gasteiger partial charge in [-0.25, -0.2) is 0 Å². The van der Waals surface area contributed by atoms with Gasteiger partial charge < -0.3 is 4.74 Å². The van der Waals surface area contributed by atoms with Gasteiger partial charge in [0.15, 0.2) is 0 Å². The van der Waals surface area contributed by atoms with Crippen molar-refractivity contribution in [1.29, 1.82) is 5.26 Å². The van der Waals surface area contributed by atoms with Gasteiger partial charge in [0.05, 0.1) is 11.5 Å². The van der Waals surface area contributed by atoms with Gasteiger partial charge in [-0.3, -0.25) is 0 Å². The van der Waals surface area contributed by atoms with Crippen LogP contribution in [0.3, 0.4) is 0 Å². The van der Waals surface area contributed by atoms with Crippen molar-refractivity contribution >= 4 is 11.6 Å². The van der Waals surface area contributed by atoms with E-state index in [0.29, 0.717) is 19.1 Å². The molecule has 1 aliphatic heterocycles. The van der Waals surface area contributed by atoms with Crippen molar-refractivity contribution in [3.63, 3.8) is 0 Å². The van der Waals surface area contributed by atoms with E-state index < -0.39 is 0 Å². The average Bonchev–Trinajstić information content (AvgIpc) is 2.46. The van der Waals surface area contributed by atoms with Gasteiger partial charge in [-0.1, -0.05) is 24.3 Å². The molecule has 0 atom stereocenters. The van der Waals surface area contributed by atoms with E-state index >= 15 is 0 Å². The Kier molecular flexibility index (Phi) is 4.63. The summed E-state index contributed by atoms with van der Waals surface area (Å²) in [5, 5.41) is 9.48. The number of nitrogens with zero attached hydrogens (tertiary/aromatic N) is 1. The minimum atomic E-state index is -0.344. The van der Waals surface area contributed by atoms with Crippen molar-refractivity contribution in [2.24, 2.45) is 0 Å². The van der Waals surface area contributed by atoms with E-state index in [-0.39, 0.29) is 5.41 Å². The Morgan fingerprint density at radius 3 is 2.44 bits per heavy atom. The summed E-state index contributed by atoms with van der Waals surface area (Å²) in [4.78, 5) is 0. The fraction of sp³-hybridized carbons (Fsp3) is 0.533. The third kappa shape index (κ3) is 2.85. The number of alkyl halides is 1. The van der Waals surface area contributed by atoms with E-state index in [1.54, 1.807) is 0 Å². The lowest BCUT2D eigenvalue weighted by molar-refractivity contribution is 0.0675. The summed E-state index contributed by atoms with van der Waals surface area (Å²) in [6.07, 6.45) is 3.60. The maximum Gasteiger partial charge on any atom is 0.0866 e. The van der Waals surface area contributed by atoms with Gasteiger partial charge in [0.25, 0.3) is 0 Å². The number of aryl methyl sites for hydroxylation is 1. The number of ether oxygens (including phenoxy) is 1. The first kappa shape index (κ1) is 13.4. The Morgan fingerprint density at radius 2 is 1.89 bits per heavy atom. The molecule has 18 heavy (non-hydrogen) atoms. The monoisotopic (exact) mass is 263 g/mol. The molecule has 1 aromatic carbocycles. The average molecular weight is 264 g/mol. The zero-order chi connectivity index (χ0) is 12.8. The Morgan fingerprint density at radius 1 is 1.22 bits per heavy atom. The van der Waals surface area contributed by atoms with Crippen molar-refractivity contribution in [2.75, 3.05) is 19.1 Å². The first-order valence-corrected chi connectivity index (χ1v) is 6.98. The molecule has 0 N–H and O–H groups in total. The van der Waals surface area contributed by atoms with Crippen molar-refractivity contribution in [3.05, 3.63) is 35.4 Å². The second-order valence-electron chi connectivity index (χ2n) is 4.80. The quantitative estimate of drug-likeness (QED) is 0.780. The maximum absolute atomic E-state index is 9.48. The van der Waals surface area contributed by atoms with Crippen molar-refractivity contribution in [1.82, 2.24) is 0 Å². The summed E-state index contributed by atoms with van der Waals surface area (Å²) in [7, 11) is 0. The molecular formula is C15H18ClNO. The molecule has 2 nitrogen and oxygen atoms in total. The van der Waals surface area contributed by atoms with Crippen LogP contribution in [0, 0.1) is 11.3 Å². The van der Waals surface area contributed by atoms with E-state index in [1.807, 2.05) is 0 Å². The number of nitriles is 1. The van der Waals surface area contributed by atoms with Crippen LogP contribution in [0.4, 0.5) is 0 Å². The van der Waals surface area contributed by atoms with Crippen LogP contribution in [0.2, 0.25) is 0 Å². The van der Waals surface area contributed by atoms with Gasteiger partial charge in [-0.05, 0) is 36.8 Å². The lowest BCUT2D eigenvalue weighted by atomic mass is 9.75. The summed E-state index contributed by atoms with van der Waals surface area (Å²) in [5.74, 6) is 0.696. The first-order valence-electron chi connectivity index (χ1n) is 6.45. The number of benzene rings is 1. The van der Waals surface area contributed by atoms with Gasteiger partial charge in [-0.2, -0.15) is 5.26 Å². The molecule has 2 rings (SSSR count). The van der Waals surface area contributed by atoms with Crippen molar-refractivity contribution in [2.45, 2.75) is 31.1 Å². The normalized spacial score (nSPS) is 18.2. The smallest absolute Gasteiger partial charge is 0.0866 e. The van der Waals surface area contributed by atoms with E-state index in [9.17, 15) is 5.26 Å². The standard InChI is InChI=1S/C15H18ClNO/c16-9-1-2-13-3-5-14(6-4-13)15(12-17)7-10-18-11-8-15/h3-6H,1-2,7-11H2. The highest BCUT2D eigenvalue weighted by atomic mass is 35.5. The molecule has 0 aliphatic carbocycles. The molecule has 0 saturated carbocycles. The van der Waals surface area contributed by atoms with Crippen LogP contribution < -0.4 is 0 Å². The second-order valence-corrected chi connectivity index (χ2v) is 5.17. The molecule has 0 amide bonds. The minimum absolute atomic E-state index is 0.344. The van der Waals surface area contributed by atoms with Gasteiger partial charge in [-0.15, -0.1) is 11.6 Å². The zero-order valence-electron chi connectivity index (χ0n) is 10.5. The Labute approximate surface area is 114 Å². The molecule has 1 fully saturated rings. The third-order valence-corrected chi connectivity index (χ3v) is 3.93. The van der Waals surface area contributed by atoms with Crippen LogP contribution in [0.5, 0.6) is 0 Å². The molecule has 0 spiro atoms. The predicted molar refractivity (Wildman–Crippen MR) is 72.8 cm³/mol. The summed E-state index contributed by atoms with van der Waals surface area (Å²) >= 11 is 5.69. The highest BCUT2D eigenvalue weighted by Crippen LogP contribution is 2.34. The van der Waals surface area contributed by atoms with Gasteiger partial charge in [0.2, 0.25) is 0 Å². The summed E-state index contributed by atoms with van der Waals surface area (Å²) in [6.45, 7) is 1.36. The van der Waals surface area contributed by atoms with Crippen LogP contribution in [-0.4, -0.2) is 19.1 Å². The molecule has 96 valence electrons. The van der Waals surface area contributed by atoms with Crippen LogP contribution in [0.15, 0.2) is 24.3 Å². The number of halogens is 1. The molecular weight excluding hydrogens is 246 g/mol. The zero-order valence-corrected chi connectivity index (χ0v) is 11.2. The largest absolute Gasteiger partial charge is 0.381 e. The Bertz CT molecular complexity index is 415. The van der Waals surface area contributed by atoms with Crippen molar-refractivity contribution < 1.29 is 4.74 Å². The summed E-state index contributed by atoms with van der Waals surface area (Å²) < 4.78 is 5.36. The lowest BCUT2D eigenvalue weighted by Crippen LogP contribution is -2.32. The lowest BCUT2D eigenvalue weighted by Gasteiger charge is -2.31. The predicted octanol–water partition coefficient (Wildman–Crippen LogP) is 3.43. The molecule has 1 aliphatic rings. The maximum atomic E-state index is 9.48. The molecule has 0 aromatic heterocycles. The molecule has 0 radical (unpaired) electrons. The fourth-order valence-electron chi connectivity index (χ4n) is 2.45. The number of hydrogen-bond donors (Lipinski definition) is 0. The second kappa shape index (κ2) is 6.22. The van der Waals surface area contributed by atoms with Gasteiger partial charge in [0.1, 0.15) is 0 Å². The van der Waals surface area contributed by atoms with Crippen LogP contribution in [0.1, 0.15) is 30.4 Å². The van der Waals surface area contributed by atoms with Crippen LogP contribution >= 0.6 is 11.6 Å². The SMILES string of the molecule is N#CC1(c2ccc(CCCCl)cc2)CCOCC1. The molecule has 1 aromatic rings. The van der Waals surface area contributed by atoms with E-state index in [2.05, 4.69) is 30.3 Å². The Hall–Kier alpha value is -1.04. The van der Waals surface area contributed by atoms with Gasteiger partial charge in [0, 0.05) is 19.1 Å². The third-order valence-electron chi connectivity index (χ3n) is 3.67. The number of hydrogen-bond acceptors (Lipinski definition) is 2. The van der Waals surface area contributed by atoms with E-state index in [1.165, 1.54) is 5.56 Å². The minimum Gasteiger partial charge on any atom is -0.381 e. The van der Waals surface area contributed by atoms with Crippen LogP contribution in [-0.2, 0) is 16.6 Å². The van der Waals surface area contributed by atoms with Crippen LogP contribution in [0.25, 0.3) is 0 Å². The molecule has 0 bridgehead atoms. The first-order chi connectivity index (χ1) is 8.80. The van der Waals surface area contributed by atoms with Crippen molar-refractivity contribution in [3.8, 4) is 6.07 Å². The summed E-state index contributed by atoms with van der Waals surface area (Å²) in [5.41, 5.74) is 2.07. The summed E-state index contributed by atoms with van der Waals surface area (Å²) in [6, 6.07) is 10.9. The highest BCUT2D eigenvalue weighted by molar-refractivity contribution is 6.17. The highest BCUT2D eigenvalue weighted by Gasteiger charge is 2.34. The topological polar surface area (TPSA) is 33.0 Å². The van der Waals surface area contributed by atoms with E-state index in [4.69, 9.17) is 16.3 Å². The Balaban J connectivity index is 2.14. The number of rotatable bonds is 4. The molecule has 1 saturated heterocycles. The molecule has 1 heterocycles. The molecule has 3 heteroatoms. The molecule has 0 unspecified atom stereocenters.